The van der Waals surface area contributed by atoms with Gasteiger partial charge in [0.2, 0.25) is 0 Å². The zero-order chi connectivity index (χ0) is 15.1. The molecular weight excluding hydrogens is 292 g/mol. The first-order valence-corrected chi connectivity index (χ1v) is 6.56. The summed E-state index contributed by atoms with van der Waals surface area (Å²) in [7, 11) is 3.08. The van der Waals surface area contributed by atoms with E-state index in [1.165, 1.54) is 7.05 Å². The summed E-state index contributed by atoms with van der Waals surface area (Å²) >= 11 is 6.16. The summed E-state index contributed by atoms with van der Waals surface area (Å²) in [4.78, 5) is 32.0. The van der Waals surface area contributed by atoms with Gasteiger partial charge in [-0.3, -0.25) is 9.36 Å². The lowest BCUT2D eigenvalue weighted by molar-refractivity contribution is 0.739. The maximum atomic E-state index is 12.2. The molecule has 0 atom stereocenters. The van der Waals surface area contributed by atoms with Crippen molar-refractivity contribution in [3.8, 4) is 22.8 Å². The summed E-state index contributed by atoms with van der Waals surface area (Å²) in [5, 5.41) is 0.537. The molecule has 2 heterocycles. The fourth-order valence-corrected chi connectivity index (χ4v) is 2.33. The smallest absolute Gasteiger partial charge is 0.332 e. The van der Waals surface area contributed by atoms with E-state index in [2.05, 4.69) is 9.97 Å². The van der Waals surface area contributed by atoms with Crippen molar-refractivity contribution in [3.63, 3.8) is 0 Å². The van der Waals surface area contributed by atoms with E-state index in [0.29, 0.717) is 16.3 Å². The third-order valence-corrected chi connectivity index (χ3v) is 3.57. The number of aryl methyl sites for hydroxylation is 1. The molecule has 0 N–H and O–H groups in total. The maximum absolute atomic E-state index is 12.2. The van der Waals surface area contributed by atoms with Crippen LogP contribution < -0.4 is 11.2 Å². The Hall–Kier alpha value is -2.47. The highest BCUT2D eigenvalue weighted by Gasteiger charge is 2.18. The molecule has 0 fully saturated rings. The van der Waals surface area contributed by atoms with Gasteiger partial charge < -0.3 is 4.57 Å². The van der Waals surface area contributed by atoms with Gasteiger partial charge in [0.05, 0.1) is 10.7 Å². The minimum atomic E-state index is -0.601. The molecule has 7 heteroatoms. The number of hydrogen-bond donors (Lipinski definition) is 0. The van der Waals surface area contributed by atoms with Crippen LogP contribution in [0.3, 0.4) is 0 Å². The summed E-state index contributed by atoms with van der Waals surface area (Å²) in [5.41, 5.74) is 0.319. The van der Waals surface area contributed by atoms with Crippen molar-refractivity contribution in [2.45, 2.75) is 0 Å². The molecule has 21 heavy (non-hydrogen) atoms. The van der Waals surface area contributed by atoms with Gasteiger partial charge in [0.25, 0.3) is 5.56 Å². The predicted molar refractivity (Wildman–Crippen MR) is 79.6 cm³/mol. The maximum Gasteiger partial charge on any atom is 0.352 e. The molecule has 1 aromatic rings. The molecule has 0 saturated carbocycles. The Labute approximate surface area is 124 Å². The topological polar surface area (TPSA) is 69.8 Å². The van der Waals surface area contributed by atoms with Crippen LogP contribution in [0.15, 0.2) is 40.1 Å². The van der Waals surface area contributed by atoms with E-state index in [9.17, 15) is 9.59 Å². The summed E-state index contributed by atoms with van der Waals surface area (Å²) in [6.07, 6.45) is 1.69. The normalized spacial score (nSPS) is 11.0. The summed E-state index contributed by atoms with van der Waals surface area (Å²) in [5.74, 6) is 0.249. The molecule has 0 aliphatic carbocycles. The lowest BCUT2D eigenvalue weighted by atomic mass is 10.1. The third kappa shape index (κ3) is 2.13. The van der Waals surface area contributed by atoms with Gasteiger partial charge in [-0.2, -0.15) is 4.98 Å². The van der Waals surface area contributed by atoms with E-state index in [1.807, 2.05) is 18.2 Å². The molecular formula is C14H11ClN4O2. The van der Waals surface area contributed by atoms with Crippen molar-refractivity contribution in [2.24, 2.45) is 14.1 Å². The summed E-state index contributed by atoms with van der Waals surface area (Å²) < 4.78 is 2.54. The van der Waals surface area contributed by atoms with Gasteiger partial charge in [-0.25, -0.2) is 9.78 Å². The van der Waals surface area contributed by atoms with Crippen LogP contribution >= 0.6 is 11.6 Å². The predicted octanol–water partition coefficient (Wildman–Crippen LogP) is 1.30. The lowest BCUT2D eigenvalue weighted by Gasteiger charge is -2.13. The Bertz CT molecular complexity index is 929. The van der Waals surface area contributed by atoms with Crippen molar-refractivity contribution in [3.05, 3.63) is 56.3 Å². The Morgan fingerprint density at radius 3 is 2.52 bits per heavy atom. The molecule has 6 nitrogen and oxygen atoms in total. The Balaban J connectivity index is 2.40. The number of halogens is 1. The molecule has 0 aromatic heterocycles. The van der Waals surface area contributed by atoms with Crippen LogP contribution in [0.2, 0.25) is 5.02 Å². The van der Waals surface area contributed by atoms with Gasteiger partial charge in [0, 0.05) is 25.9 Å². The van der Waals surface area contributed by atoms with Crippen LogP contribution in [0.4, 0.5) is 0 Å². The molecule has 0 spiro atoms. The van der Waals surface area contributed by atoms with Crippen molar-refractivity contribution in [1.82, 2.24) is 19.1 Å². The largest absolute Gasteiger partial charge is 0.352 e. The Kier molecular flexibility index (Phi) is 3.10. The van der Waals surface area contributed by atoms with Crippen LogP contribution in [-0.2, 0) is 14.1 Å². The number of nitrogens with zero attached hydrogens (tertiary/aromatic N) is 4. The second-order valence-electron chi connectivity index (χ2n) is 4.65. The van der Waals surface area contributed by atoms with Gasteiger partial charge >= 0.3 is 5.69 Å². The highest BCUT2D eigenvalue weighted by molar-refractivity contribution is 6.33. The number of benzene rings is 1. The van der Waals surface area contributed by atoms with Crippen molar-refractivity contribution in [1.29, 1.82) is 0 Å². The van der Waals surface area contributed by atoms with E-state index in [4.69, 9.17) is 11.6 Å². The third-order valence-electron chi connectivity index (χ3n) is 3.24. The van der Waals surface area contributed by atoms with E-state index in [0.717, 1.165) is 4.57 Å². The first-order valence-electron chi connectivity index (χ1n) is 6.18. The Morgan fingerprint density at radius 2 is 1.81 bits per heavy atom. The van der Waals surface area contributed by atoms with Gasteiger partial charge in [-0.1, -0.05) is 29.8 Å². The molecule has 106 valence electrons. The zero-order valence-corrected chi connectivity index (χ0v) is 12.1. The number of hydrogen-bond acceptors (Lipinski definition) is 4. The first kappa shape index (κ1) is 13.5. The van der Waals surface area contributed by atoms with E-state index < -0.39 is 11.2 Å². The van der Waals surface area contributed by atoms with E-state index in [1.54, 1.807) is 23.9 Å². The minimum Gasteiger partial charge on any atom is -0.332 e. The number of fused-ring (bicyclic) bond motifs is 1. The molecule has 0 bridgehead atoms. The number of rotatable bonds is 1. The van der Waals surface area contributed by atoms with Gasteiger partial charge in [0.15, 0.2) is 11.5 Å². The zero-order valence-electron chi connectivity index (χ0n) is 11.4. The summed E-state index contributed by atoms with van der Waals surface area (Å²) in [6, 6.07) is 7.22. The monoisotopic (exact) mass is 302 g/mol. The van der Waals surface area contributed by atoms with Crippen molar-refractivity contribution >= 4 is 11.6 Å². The van der Waals surface area contributed by atoms with Gasteiger partial charge in [0.1, 0.15) is 0 Å². The fourth-order valence-electron chi connectivity index (χ4n) is 2.10. The van der Waals surface area contributed by atoms with E-state index >= 15 is 0 Å². The molecule has 0 unspecified atom stereocenters. The second-order valence-corrected chi connectivity index (χ2v) is 5.05. The molecule has 0 amide bonds. The van der Waals surface area contributed by atoms with Crippen LogP contribution in [0.5, 0.6) is 0 Å². The molecule has 2 aliphatic rings. The van der Waals surface area contributed by atoms with Crippen LogP contribution in [0, 0.1) is 0 Å². The molecule has 1 aromatic carbocycles. The Morgan fingerprint density at radius 1 is 1.10 bits per heavy atom. The van der Waals surface area contributed by atoms with Gasteiger partial charge in [-0.15, -0.1) is 0 Å². The number of aromatic nitrogens is 4. The average molecular weight is 303 g/mol. The first-order chi connectivity index (χ1) is 9.99. The highest BCUT2D eigenvalue weighted by Crippen LogP contribution is 2.27. The molecule has 0 radical (unpaired) electrons. The molecule has 2 aliphatic heterocycles. The van der Waals surface area contributed by atoms with Crippen LogP contribution in [0.1, 0.15) is 0 Å². The van der Waals surface area contributed by atoms with Crippen molar-refractivity contribution in [2.75, 3.05) is 0 Å². The van der Waals surface area contributed by atoms with Crippen molar-refractivity contribution < 1.29 is 0 Å². The molecule has 0 saturated heterocycles. The van der Waals surface area contributed by atoms with Crippen LogP contribution in [-0.4, -0.2) is 19.1 Å². The summed E-state index contributed by atoms with van der Waals surface area (Å²) in [6.45, 7) is 0. The van der Waals surface area contributed by atoms with Crippen LogP contribution in [0.25, 0.3) is 22.8 Å². The molecule has 3 rings (SSSR count). The average Bonchev–Trinajstić information content (AvgIpc) is 2.46. The van der Waals surface area contributed by atoms with E-state index in [-0.39, 0.29) is 11.5 Å². The quantitative estimate of drug-likeness (QED) is 0.679. The fraction of sp³-hybridized carbons (Fsp3) is 0.143. The second kappa shape index (κ2) is 4.82. The standard InChI is InChI=1S/C14H11ClN4O2/c1-18-7-10(8-5-3-4-6-9(8)15)16-11-12(18)17-14(21)19(2)13(11)20/h3-7H,1-2H3. The lowest BCUT2D eigenvalue weighted by Crippen LogP contribution is -2.36. The SMILES string of the molecule is Cn1cc(-c2ccccc2Cl)nc2c(=O)n(C)c(=O)nc1-2. The minimum absolute atomic E-state index is 0.136. The van der Waals surface area contributed by atoms with Gasteiger partial charge in [-0.05, 0) is 6.07 Å². The highest BCUT2D eigenvalue weighted by atomic mass is 35.5.